The standard InChI is InChI=1S/C15H11Br2N3O5/c16-10-2-1-3-12(5-10)25-8-14(21)19-18-7-9-4-11(17)6-13(15(9)22)20(23)24/h1-7,22H,8H2,(H,19,21)/b18-7+. The summed E-state index contributed by atoms with van der Waals surface area (Å²) in [6, 6.07) is 9.57. The Morgan fingerprint density at radius 2 is 2.08 bits per heavy atom. The van der Waals surface area contributed by atoms with Crippen LogP contribution >= 0.6 is 31.9 Å². The van der Waals surface area contributed by atoms with Crippen molar-refractivity contribution in [2.75, 3.05) is 6.61 Å². The van der Waals surface area contributed by atoms with Gasteiger partial charge in [0.2, 0.25) is 5.75 Å². The first kappa shape index (κ1) is 18.9. The van der Waals surface area contributed by atoms with Crippen molar-refractivity contribution in [2.45, 2.75) is 0 Å². The molecular weight excluding hydrogens is 462 g/mol. The molecule has 0 fully saturated rings. The lowest BCUT2D eigenvalue weighted by Crippen LogP contribution is -2.24. The minimum atomic E-state index is -0.720. The van der Waals surface area contributed by atoms with Crippen LogP contribution in [0.15, 0.2) is 50.4 Å². The molecule has 0 unspecified atom stereocenters. The zero-order valence-corrected chi connectivity index (χ0v) is 15.7. The van der Waals surface area contributed by atoms with E-state index in [1.165, 1.54) is 6.07 Å². The topological polar surface area (TPSA) is 114 Å². The summed E-state index contributed by atoms with van der Waals surface area (Å²) in [7, 11) is 0. The quantitative estimate of drug-likeness (QED) is 0.380. The number of phenolic OH excluding ortho intramolecular Hbond substituents is 1. The summed E-state index contributed by atoms with van der Waals surface area (Å²) >= 11 is 6.39. The van der Waals surface area contributed by atoms with Crippen LogP contribution in [0.1, 0.15) is 5.56 Å². The van der Waals surface area contributed by atoms with Crippen LogP contribution < -0.4 is 10.2 Å². The smallest absolute Gasteiger partial charge is 0.312 e. The molecule has 0 radical (unpaired) electrons. The number of halogens is 2. The van der Waals surface area contributed by atoms with E-state index in [2.05, 4.69) is 42.4 Å². The van der Waals surface area contributed by atoms with E-state index in [4.69, 9.17) is 4.74 Å². The molecule has 0 aliphatic heterocycles. The Morgan fingerprint density at radius 1 is 1.32 bits per heavy atom. The van der Waals surface area contributed by atoms with Crippen LogP contribution in [0.5, 0.6) is 11.5 Å². The molecule has 0 spiro atoms. The van der Waals surface area contributed by atoms with Gasteiger partial charge in [-0.05, 0) is 24.3 Å². The van der Waals surface area contributed by atoms with Crippen molar-refractivity contribution in [1.82, 2.24) is 5.43 Å². The van der Waals surface area contributed by atoms with E-state index in [1.807, 2.05) is 6.07 Å². The second-order valence-electron chi connectivity index (χ2n) is 4.66. The molecule has 25 heavy (non-hydrogen) atoms. The number of hydrazone groups is 1. The number of rotatable bonds is 6. The summed E-state index contributed by atoms with van der Waals surface area (Å²) in [4.78, 5) is 21.8. The molecule has 0 aliphatic carbocycles. The molecule has 0 saturated heterocycles. The molecule has 0 aromatic heterocycles. The van der Waals surface area contributed by atoms with Crippen LogP contribution in [-0.4, -0.2) is 28.8 Å². The van der Waals surface area contributed by atoms with Crippen LogP contribution in [0.4, 0.5) is 5.69 Å². The number of phenols is 1. The first-order chi connectivity index (χ1) is 11.9. The molecule has 0 atom stereocenters. The van der Waals surface area contributed by atoms with Gasteiger partial charge in [0.1, 0.15) is 5.75 Å². The average Bonchev–Trinajstić information content (AvgIpc) is 2.55. The summed E-state index contributed by atoms with van der Waals surface area (Å²) < 4.78 is 6.49. The third-order valence-corrected chi connectivity index (χ3v) is 3.79. The molecule has 10 heteroatoms. The summed E-state index contributed by atoms with van der Waals surface area (Å²) in [5, 5.41) is 24.3. The van der Waals surface area contributed by atoms with Gasteiger partial charge in [-0.2, -0.15) is 5.10 Å². The van der Waals surface area contributed by atoms with Crippen molar-refractivity contribution in [2.24, 2.45) is 5.10 Å². The highest BCUT2D eigenvalue weighted by molar-refractivity contribution is 9.10. The van der Waals surface area contributed by atoms with Crippen LogP contribution in [0.2, 0.25) is 0 Å². The van der Waals surface area contributed by atoms with E-state index >= 15 is 0 Å². The van der Waals surface area contributed by atoms with Gasteiger partial charge in [0, 0.05) is 20.6 Å². The fourth-order valence-corrected chi connectivity index (χ4v) is 2.60. The van der Waals surface area contributed by atoms with Gasteiger partial charge < -0.3 is 9.84 Å². The van der Waals surface area contributed by atoms with Gasteiger partial charge in [-0.3, -0.25) is 14.9 Å². The molecule has 2 aromatic rings. The third-order valence-electron chi connectivity index (χ3n) is 2.84. The third kappa shape index (κ3) is 5.54. The second-order valence-corrected chi connectivity index (χ2v) is 6.49. The van der Waals surface area contributed by atoms with Crippen LogP contribution in [0.3, 0.4) is 0 Å². The lowest BCUT2D eigenvalue weighted by atomic mass is 10.2. The van der Waals surface area contributed by atoms with E-state index in [1.54, 1.807) is 18.2 Å². The Morgan fingerprint density at radius 3 is 2.76 bits per heavy atom. The van der Waals surface area contributed by atoms with Crippen molar-refractivity contribution in [1.29, 1.82) is 0 Å². The van der Waals surface area contributed by atoms with Gasteiger partial charge in [0.15, 0.2) is 6.61 Å². The Hall–Kier alpha value is -2.46. The Labute approximate surface area is 158 Å². The first-order valence-electron chi connectivity index (χ1n) is 6.74. The summed E-state index contributed by atoms with van der Waals surface area (Å²) in [6.45, 7) is -0.265. The van der Waals surface area contributed by atoms with Crippen molar-refractivity contribution < 1.29 is 19.6 Å². The average molecular weight is 473 g/mol. The normalized spacial score (nSPS) is 10.6. The van der Waals surface area contributed by atoms with Crippen molar-refractivity contribution in [3.63, 3.8) is 0 Å². The molecular formula is C15H11Br2N3O5. The van der Waals surface area contributed by atoms with Crippen molar-refractivity contribution >= 4 is 49.7 Å². The van der Waals surface area contributed by atoms with E-state index in [9.17, 15) is 20.0 Å². The number of hydrogen-bond acceptors (Lipinski definition) is 6. The number of nitrogens with zero attached hydrogens (tertiary/aromatic N) is 2. The maximum absolute atomic E-state index is 11.7. The molecule has 0 aliphatic rings. The number of ether oxygens (including phenoxy) is 1. The zero-order chi connectivity index (χ0) is 18.4. The van der Waals surface area contributed by atoms with Crippen LogP contribution in [0.25, 0.3) is 0 Å². The molecule has 0 saturated carbocycles. The molecule has 0 heterocycles. The molecule has 0 bridgehead atoms. The number of carbonyl (C=O) groups is 1. The Balaban J connectivity index is 1.96. The number of aromatic hydroxyl groups is 1. The van der Waals surface area contributed by atoms with Gasteiger partial charge >= 0.3 is 5.69 Å². The number of carbonyl (C=O) groups excluding carboxylic acids is 1. The summed E-state index contributed by atoms with van der Waals surface area (Å²) in [5.41, 5.74) is 1.81. The summed E-state index contributed by atoms with van der Waals surface area (Å²) in [5.74, 6) is -0.564. The van der Waals surface area contributed by atoms with Gasteiger partial charge in [-0.15, -0.1) is 0 Å². The number of benzene rings is 2. The number of nitro benzene ring substituents is 1. The summed E-state index contributed by atoms with van der Waals surface area (Å²) in [6.07, 6.45) is 1.10. The fourth-order valence-electron chi connectivity index (χ4n) is 1.75. The predicted molar refractivity (Wildman–Crippen MR) is 97.8 cm³/mol. The van der Waals surface area contributed by atoms with E-state index in [0.29, 0.717) is 10.2 Å². The number of nitro groups is 1. The van der Waals surface area contributed by atoms with E-state index in [0.717, 1.165) is 16.8 Å². The molecule has 8 nitrogen and oxygen atoms in total. The minimum Gasteiger partial charge on any atom is -0.502 e. The largest absolute Gasteiger partial charge is 0.502 e. The number of hydrogen-bond donors (Lipinski definition) is 2. The predicted octanol–water partition coefficient (Wildman–Crippen LogP) is 3.35. The van der Waals surface area contributed by atoms with E-state index in [-0.39, 0.29) is 12.2 Å². The van der Waals surface area contributed by atoms with Gasteiger partial charge in [-0.25, -0.2) is 5.43 Å². The van der Waals surface area contributed by atoms with Crippen LogP contribution in [0, 0.1) is 10.1 Å². The van der Waals surface area contributed by atoms with Gasteiger partial charge in [-0.1, -0.05) is 37.9 Å². The van der Waals surface area contributed by atoms with E-state index < -0.39 is 22.3 Å². The molecule has 130 valence electrons. The fraction of sp³-hybridized carbons (Fsp3) is 0.0667. The second kappa shape index (κ2) is 8.58. The minimum absolute atomic E-state index is 0.0780. The first-order valence-corrected chi connectivity index (χ1v) is 8.32. The lowest BCUT2D eigenvalue weighted by Gasteiger charge is -2.05. The highest BCUT2D eigenvalue weighted by atomic mass is 79.9. The molecule has 2 N–H and O–H groups in total. The SMILES string of the molecule is O=C(COc1cccc(Br)c1)N/N=C/c1cc(Br)cc([N+](=O)[O-])c1O. The zero-order valence-electron chi connectivity index (χ0n) is 12.5. The molecule has 2 aromatic carbocycles. The highest BCUT2D eigenvalue weighted by Gasteiger charge is 2.17. The lowest BCUT2D eigenvalue weighted by molar-refractivity contribution is -0.385. The highest BCUT2D eigenvalue weighted by Crippen LogP contribution is 2.32. The monoisotopic (exact) mass is 471 g/mol. The van der Waals surface area contributed by atoms with Crippen LogP contribution in [-0.2, 0) is 4.79 Å². The maximum atomic E-state index is 11.7. The Bertz CT molecular complexity index is 842. The van der Waals surface area contributed by atoms with Gasteiger partial charge in [0.05, 0.1) is 11.1 Å². The number of nitrogens with one attached hydrogen (secondary N) is 1. The Kier molecular flexibility index (Phi) is 6.48. The molecule has 1 amide bonds. The van der Waals surface area contributed by atoms with Crippen molar-refractivity contribution in [3.8, 4) is 11.5 Å². The van der Waals surface area contributed by atoms with Crippen molar-refractivity contribution in [3.05, 3.63) is 61.0 Å². The van der Waals surface area contributed by atoms with Gasteiger partial charge in [0.25, 0.3) is 5.91 Å². The molecule has 2 rings (SSSR count). The number of amides is 1. The maximum Gasteiger partial charge on any atom is 0.312 e.